The van der Waals surface area contributed by atoms with Crippen LogP contribution in [0.2, 0.25) is 0 Å². The van der Waals surface area contributed by atoms with E-state index < -0.39 is 5.41 Å². The molecule has 0 bridgehead atoms. The number of carbonyl (C=O) groups excluding carboxylic acids is 1. The lowest BCUT2D eigenvalue weighted by atomic mass is 9.87. The quantitative estimate of drug-likeness (QED) is 0.868. The highest BCUT2D eigenvalue weighted by molar-refractivity contribution is 5.96. The Balaban J connectivity index is 2.18. The van der Waals surface area contributed by atoms with Gasteiger partial charge in [0.2, 0.25) is 5.91 Å². The molecule has 4 heteroatoms. The molecule has 0 atom stereocenters. The van der Waals surface area contributed by atoms with Crippen molar-refractivity contribution < 1.29 is 4.79 Å². The van der Waals surface area contributed by atoms with Gasteiger partial charge >= 0.3 is 0 Å². The second-order valence-corrected chi connectivity index (χ2v) is 5.03. The van der Waals surface area contributed by atoms with E-state index in [9.17, 15) is 10.1 Å². The predicted octanol–water partition coefficient (Wildman–Crippen LogP) is 2.72. The second kappa shape index (κ2) is 4.77. The van der Waals surface area contributed by atoms with Crippen LogP contribution in [0.25, 0.3) is 0 Å². The minimum Gasteiger partial charge on any atom is -0.309 e. The Morgan fingerprint density at radius 2 is 2.06 bits per heavy atom. The van der Waals surface area contributed by atoms with Crippen molar-refractivity contribution in [3.63, 3.8) is 0 Å². The highest BCUT2D eigenvalue weighted by Crippen LogP contribution is 2.38. The maximum atomic E-state index is 12.2. The van der Waals surface area contributed by atoms with Gasteiger partial charge in [0.1, 0.15) is 11.2 Å². The Morgan fingerprint density at radius 3 is 2.61 bits per heavy atom. The van der Waals surface area contributed by atoms with E-state index in [1.54, 1.807) is 0 Å². The summed E-state index contributed by atoms with van der Waals surface area (Å²) in [5.41, 5.74) is 1.07. The Bertz CT molecular complexity index is 490. The fraction of sp³-hybridized carbons (Fsp3) is 0.500. The largest absolute Gasteiger partial charge is 0.309 e. The molecule has 0 radical (unpaired) electrons. The van der Waals surface area contributed by atoms with Gasteiger partial charge in [-0.25, -0.2) is 4.98 Å². The summed E-state index contributed by atoms with van der Waals surface area (Å²) in [7, 11) is 0. The first kappa shape index (κ1) is 12.6. The summed E-state index contributed by atoms with van der Waals surface area (Å²) in [6.45, 7) is 3.85. The maximum Gasteiger partial charge on any atom is 0.246 e. The van der Waals surface area contributed by atoms with Gasteiger partial charge in [0.15, 0.2) is 0 Å². The van der Waals surface area contributed by atoms with Gasteiger partial charge in [-0.1, -0.05) is 12.8 Å². The van der Waals surface area contributed by atoms with E-state index in [2.05, 4.69) is 16.4 Å². The fourth-order valence-electron chi connectivity index (χ4n) is 2.51. The summed E-state index contributed by atoms with van der Waals surface area (Å²) in [6.07, 6.45) is 3.20. The number of aryl methyl sites for hydroxylation is 2. The number of pyridine rings is 1. The topological polar surface area (TPSA) is 65.8 Å². The Labute approximate surface area is 107 Å². The lowest BCUT2D eigenvalue weighted by Gasteiger charge is -2.19. The van der Waals surface area contributed by atoms with Crippen LogP contribution in [0.4, 0.5) is 5.82 Å². The first-order valence-corrected chi connectivity index (χ1v) is 6.24. The lowest BCUT2D eigenvalue weighted by molar-refractivity contribution is -0.122. The summed E-state index contributed by atoms with van der Waals surface area (Å²) in [6, 6.07) is 5.96. The zero-order valence-electron chi connectivity index (χ0n) is 10.8. The van der Waals surface area contributed by atoms with E-state index in [1.165, 1.54) is 0 Å². The third-order valence-corrected chi connectivity index (χ3v) is 3.45. The molecule has 1 aliphatic rings. The molecule has 0 spiro atoms. The summed E-state index contributed by atoms with van der Waals surface area (Å²) in [4.78, 5) is 16.5. The summed E-state index contributed by atoms with van der Waals surface area (Å²) >= 11 is 0. The first-order chi connectivity index (χ1) is 8.55. The van der Waals surface area contributed by atoms with Crippen LogP contribution in [0.5, 0.6) is 0 Å². The lowest BCUT2D eigenvalue weighted by Crippen LogP contribution is -2.32. The molecule has 4 nitrogen and oxygen atoms in total. The molecule has 1 aromatic heterocycles. The van der Waals surface area contributed by atoms with E-state index >= 15 is 0 Å². The number of hydrogen-bond acceptors (Lipinski definition) is 3. The molecule has 1 fully saturated rings. The number of hydrogen-bond donors (Lipinski definition) is 1. The van der Waals surface area contributed by atoms with E-state index in [0.717, 1.165) is 24.1 Å². The number of rotatable bonds is 2. The highest BCUT2D eigenvalue weighted by atomic mass is 16.2. The van der Waals surface area contributed by atoms with Crippen molar-refractivity contribution in [2.75, 3.05) is 5.32 Å². The van der Waals surface area contributed by atoms with Crippen LogP contribution in [0.1, 0.15) is 36.9 Å². The van der Waals surface area contributed by atoms with E-state index in [0.29, 0.717) is 18.7 Å². The van der Waals surface area contributed by atoms with Crippen molar-refractivity contribution in [2.24, 2.45) is 5.41 Å². The summed E-state index contributed by atoms with van der Waals surface area (Å²) in [5, 5.41) is 12.0. The molecular formula is C14H17N3O. The van der Waals surface area contributed by atoms with Crippen molar-refractivity contribution >= 4 is 11.7 Å². The summed E-state index contributed by atoms with van der Waals surface area (Å²) in [5.74, 6) is 0.332. The van der Waals surface area contributed by atoms with Crippen LogP contribution >= 0.6 is 0 Å². The van der Waals surface area contributed by atoms with Crippen molar-refractivity contribution in [2.45, 2.75) is 39.5 Å². The highest BCUT2D eigenvalue weighted by Gasteiger charge is 2.41. The van der Waals surface area contributed by atoms with Gasteiger partial charge in [-0.3, -0.25) is 4.79 Å². The number of nitrogens with one attached hydrogen (secondary N) is 1. The third-order valence-electron chi connectivity index (χ3n) is 3.45. The molecule has 1 saturated carbocycles. The first-order valence-electron chi connectivity index (χ1n) is 6.24. The van der Waals surface area contributed by atoms with Crippen molar-refractivity contribution in [1.82, 2.24) is 4.98 Å². The Kier molecular flexibility index (Phi) is 3.33. The van der Waals surface area contributed by atoms with Gasteiger partial charge in [-0.15, -0.1) is 0 Å². The smallest absolute Gasteiger partial charge is 0.246 e. The van der Waals surface area contributed by atoms with Gasteiger partial charge < -0.3 is 5.32 Å². The van der Waals surface area contributed by atoms with Crippen LogP contribution < -0.4 is 5.32 Å². The number of aromatic nitrogens is 1. The number of nitriles is 1. The monoisotopic (exact) mass is 243 g/mol. The molecule has 94 valence electrons. The minimum absolute atomic E-state index is 0.208. The Hall–Kier alpha value is -1.89. The molecular weight excluding hydrogens is 226 g/mol. The van der Waals surface area contributed by atoms with Crippen LogP contribution in [0.15, 0.2) is 12.1 Å². The standard InChI is InChI=1S/C14H17N3O/c1-10-7-11(2)16-12(8-10)17-13(18)14(9-15)5-3-4-6-14/h7-8H,3-6H2,1-2H3,(H,16,17,18). The average molecular weight is 243 g/mol. The molecule has 0 saturated heterocycles. The van der Waals surface area contributed by atoms with E-state index in [4.69, 9.17) is 0 Å². The fourth-order valence-corrected chi connectivity index (χ4v) is 2.51. The average Bonchev–Trinajstić information content (AvgIpc) is 2.77. The van der Waals surface area contributed by atoms with Gasteiger partial charge in [-0.05, 0) is 44.4 Å². The van der Waals surface area contributed by atoms with E-state index in [1.807, 2.05) is 26.0 Å². The second-order valence-electron chi connectivity index (χ2n) is 5.03. The maximum absolute atomic E-state index is 12.2. The zero-order chi connectivity index (χ0) is 13.2. The number of anilines is 1. The number of carbonyl (C=O) groups is 1. The molecule has 18 heavy (non-hydrogen) atoms. The number of amides is 1. The molecule has 1 amide bonds. The van der Waals surface area contributed by atoms with Gasteiger partial charge in [0.05, 0.1) is 6.07 Å². The number of nitrogens with zero attached hydrogens (tertiary/aromatic N) is 2. The van der Waals surface area contributed by atoms with E-state index in [-0.39, 0.29) is 5.91 Å². The van der Waals surface area contributed by atoms with Crippen molar-refractivity contribution in [3.05, 3.63) is 23.4 Å². The van der Waals surface area contributed by atoms with Gasteiger partial charge in [0.25, 0.3) is 0 Å². The molecule has 0 aromatic carbocycles. The van der Waals surface area contributed by atoms with Gasteiger partial charge in [-0.2, -0.15) is 5.26 Å². The molecule has 1 heterocycles. The van der Waals surface area contributed by atoms with Crippen LogP contribution in [-0.4, -0.2) is 10.9 Å². The molecule has 1 N–H and O–H groups in total. The van der Waals surface area contributed by atoms with Crippen LogP contribution in [0.3, 0.4) is 0 Å². The normalized spacial score (nSPS) is 17.2. The third kappa shape index (κ3) is 2.35. The van der Waals surface area contributed by atoms with Crippen molar-refractivity contribution in [1.29, 1.82) is 5.26 Å². The molecule has 0 unspecified atom stereocenters. The van der Waals surface area contributed by atoms with Gasteiger partial charge in [0, 0.05) is 5.69 Å². The Morgan fingerprint density at radius 1 is 1.39 bits per heavy atom. The molecule has 0 aliphatic heterocycles. The summed E-state index contributed by atoms with van der Waals surface area (Å²) < 4.78 is 0. The molecule has 1 aliphatic carbocycles. The van der Waals surface area contributed by atoms with Crippen molar-refractivity contribution in [3.8, 4) is 6.07 Å². The predicted molar refractivity (Wildman–Crippen MR) is 68.9 cm³/mol. The van der Waals surface area contributed by atoms with Crippen LogP contribution in [0, 0.1) is 30.6 Å². The minimum atomic E-state index is -0.848. The molecule has 1 aromatic rings. The van der Waals surface area contributed by atoms with Crippen LogP contribution in [-0.2, 0) is 4.79 Å². The zero-order valence-corrected chi connectivity index (χ0v) is 10.8. The SMILES string of the molecule is Cc1cc(C)nc(NC(=O)C2(C#N)CCCC2)c1. The molecule has 2 rings (SSSR count).